The highest BCUT2D eigenvalue weighted by Gasteiger charge is 2.20. The van der Waals surface area contributed by atoms with Crippen molar-refractivity contribution in [1.29, 1.82) is 0 Å². The summed E-state index contributed by atoms with van der Waals surface area (Å²) in [6.07, 6.45) is 0. The van der Waals surface area contributed by atoms with Crippen molar-refractivity contribution in [3.63, 3.8) is 0 Å². The highest BCUT2D eigenvalue weighted by molar-refractivity contribution is 6.23. The first-order chi connectivity index (χ1) is 29.7. The lowest BCUT2D eigenvalue weighted by atomic mass is 9.83. The molecule has 0 amide bonds. The van der Waals surface area contributed by atoms with E-state index in [9.17, 15) is 5.48 Å². The minimum Gasteiger partial charge on any atom is -0.456 e. The SMILES string of the molecule is [2H]c1c([2H])c([2H])c(-c2c([2H])c([2H])c(-c3c([2H])c([2H])c([2H])c([2H])c3-c3c4ccccc4c(-c4ccc5c(c4)oc4cc6ccccc6cc45)c4ccccc34)c([2H])c2[2H])c([2H])c1[2H]. The van der Waals surface area contributed by atoms with Crippen molar-refractivity contribution in [3.8, 4) is 44.5 Å². The highest BCUT2D eigenvalue weighted by atomic mass is 16.3. The molecule has 1 heterocycles. The van der Waals surface area contributed by atoms with Crippen LogP contribution in [0.4, 0.5) is 0 Å². The van der Waals surface area contributed by atoms with Crippen molar-refractivity contribution in [1.82, 2.24) is 0 Å². The van der Waals surface area contributed by atoms with Crippen molar-refractivity contribution < 1.29 is 22.2 Å². The fourth-order valence-electron chi connectivity index (χ4n) is 6.95. The van der Waals surface area contributed by atoms with Gasteiger partial charge in [-0.15, -0.1) is 0 Å². The van der Waals surface area contributed by atoms with Gasteiger partial charge in [-0.25, -0.2) is 0 Å². The first kappa shape index (κ1) is 17.6. The topological polar surface area (TPSA) is 13.1 Å². The van der Waals surface area contributed by atoms with E-state index in [1.165, 1.54) is 0 Å². The Bertz CT molecular complexity index is 3510. The minimum atomic E-state index is -0.739. The first-order valence-electron chi connectivity index (χ1n) is 22.3. The van der Waals surface area contributed by atoms with Gasteiger partial charge in [0.1, 0.15) is 11.2 Å². The lowest BCUT2D eigenvalue weighted by molar-refractivity contribution is 0.669. The van der Waals surface area contributed by atoms with Gasteiger partial charge in [0.25, 0.3) is 0 Å². The Labute approximate surface area is 302 Å². The largest absolute Gasteiger partial charge is 0.456 e. The molecule has 0 saturated carbocycles. The van der Waals surface area contributed by atoms with Crippen molar-refractivity contribution in [2.24, 2.45) is 0 Å². The molecule has 0 aliphatic heterocycles. The van der Waals surface area contributed by atoms with Gasteiger partial charge in [0, 0.05) is 10.8 Å². The van der Waals surface area contributed by atoms with Gasteiger partial charge in [-0.2, -0.15) is 0 Å². The second-order valence-electron chi connectivity index (χ2n) is 11.8. The standard InChI is InChI=1S/C48H30O/c1-2-12-31(13-3-1)32-22-24-33(25-23-32)37-16-6-7-17-39(37)48-42-20-10-8-18-40(42)47(41-19-9-11-21-43(41)48)36-26-27-38-44-28-34-14-4-5-15-35(34)29-46(44)49-45(38)30-36/h1-30H/i1D,2D,3D,6D,7D,12D,13D,16D,17D,22D,23D,24D,25D. The van der Waals surface area contributed by atoms with Gasteiger partial charge < -0.3 is 4.42 Å². The molecule has 0 atom stereocenters. The number of furan rings is 1. The zero-order valence-corrected chi connectivity index (χ0v) is 25.7. The van der Waals surface area contributed by atoms with Crippen LogP contribution in [-0.4, -0.2) is 0 Å². The summed E-state index contributed by atoms with van der Waals surface area (Å²) in [5.41, 5.74) is 1.67. The molecule has 10 aromatic rings. The number of fused-ring (bicyclic) bond motifs is 6. The Morgan fingerprint density at radius 1 is 0.347 bits per heavy atom. The molecule has 0 fully saturated rings. The predicted octanol–water partition coefficient (Wildman–Crippen LogP) is 13.7. The molecule has 9 aromatic carbocycles. The summed E-state index contributed by atoms with van der Waals surface area (Å²) in [4.78, 5) is 0. The lowest BCUT2D eigenvalue weighted by Gasteiger charge is -2.19. The fourth-order valence-corrected chi connectivity index (χ4v) is 6.95. The molecule has 49 heavy (non-hydrogen) atoms. The van der Waals surface area contributed by atoms with Crippen molar-refractivity contribution in [3.05, 3.63) is 182 Å². The number of rotatable bonds is 4. The van der Waals surface area contributed by atoms with E-state index in [0.29, 0.717) is 21.9 Å². The van der Waals surface area contributed by atoms with E-state index < -0.39 is 95.2 Å². The molecular formula is C48H30O. The Hall–Kier alpha value is -6.44. The zero-order chi connectivity index (χ0) is 43.6. The summed E-state index contributed by atoms with van der Waals surface area (Å²) in [6.45, 7) is 0. The molecule has 0 aliphatic rings. The number of hydrogen-bond acceptors (Lipinski definition) is 1. The Balaban J connectivity index is 1.28. The summed E-state index contributed by atoms with van der Waals surface area (Å²) < 4.78 is 121. The number of hydrogen-bond donors (Lipinski definition) is 0. The van der Waals surface area contributed by atoms with Crippen LogP contribution < -0.4 is 0 Å². The molecule has 0 unspecified atom stereocenters. The second-order valence-corrected chi connectivity index (χ2v) is 11.8. The van der Waals surface area contributed by atoms with Gasteiger partial charge in [-0.05, 0) is 101 Å². The smallest absolute Gasteiger partial charge is 0.136 e. The maximum atomic E-state index is 9.45. The fraction of sp³-hybridized carbons (Fsp3) is 0. The Morgan fingerprint density at radius 3 is 1.57 bits per heavy atom. The van der Waals surface area contributed by atoms with E-state index >= 15 is 0 Å². The average Bonchev–Trinajstić information content (AvgIpc) is 3.64. The maximum Gasteiger partial charge on any atom is 0.136 e. The third-order valence-electron chi connectivity index (χ3n) is 9.12. The van der Waals surface area contributed by atoms with Crippen molar-refractivity contribution in [2.45, 2.75) is 0 Å². The monoisotopic (exact) mass is 635 g/mol. The molecule has 0 saturated heterocycles. The Morgan fingerprint density at radius 2 is 0.878 bits per heavy atom. The van der Waals surface area contributed by atoms with Gasteiger partial charge in [0.05, 0.1) is 17.8 Å². The van der Waals surface area contributed by atoms with Crippen LogP contribution in [0.15, 0.2) is 186 Å². The van der Waals surface area contributed by atoms with Gasteiger partial charge in [0.15, 0.2) is 0 Å². The summed E-state index contributed by atoms with van der Waals surface area (Å²) in [5.74, 6) is 0. The molecule has 0 aliphatic carbocycles. The average molecular weight is 636 g/mol. The van der Waals surface area contributed by atoms with Crippen LogP contribution >= 0.6 is 0 Å². The van der Waals surface area contributed by atoms with E-state index in [1.54, 1.807) is 0 Å². The third-order valence-corrected chi connectivity index (χ3v) is 9.12. The highest BCUT2D eigenvalue weighted by Crippen LogP contribution is 2.47. The van der Waals surface area contributed by atoms with E-state index in [1.807, 2.05) is 91.0 Å². The first-order valence-corrected chi connectivity index (χ1v) is 15.8. The van der Waals surface area contributed by atoms with E-state index in [2.05, 4.69) is 12.1 Å². The van der Waals surface area contributed by atoms with E-state index in [4.69, 9.17) is 16.8 Å². The molecule has 1 heteroatoms. The Kier molecular flexibility index (Phi) is 3.99. The molecule has 0 N–H and O–H groups in total. The summed E-state index contributed by atoms with van der Waals surface area (Å²) in [5, 5.41) is 6.73. The van der Waals surface area contributed by atoms with Gasteiger partial charge in [0.2, 0.25) is 0 Å². The van der Waals surface area contributed by atoms with Crippen LogP contribution in [0.2, 0.25) is 0 Å². The molecule has 0 bridgehead atoms. The summed E-state index contributed by atoms with van der Waals surface area (Å²) >= 11 is 0. The van der Waals surface area contributed by atoms with Crippen molar-refractivity contribution in [2.75, 3.05) is 0 Å². The van der Waals surface area contributed by atoms with Crippen molar-refractivity contribution >= 4 is 54.3 Å². The molecular weight excluding hydrogens is 593 g/mol. The normalized spacial score (nSPS) is 15.4. The third kappa shape index (κ3) is 4.47. The van der Waals surface area contributed by atoms with E-state index in [-0.39, 0.29) is 11.1 Å². The van der Waals surface area contributed by atoms with Crippen LogP contribution in [0.3, 0.4) is 0 Å². The number of benzene rings is 9. The zero-order valence-electron chi connectivity index (χ0n) is 38.7. The van der Waals surface area contributed by atoms with Gasteiger partial charge >= 0.3 is 0 Å². The molecule has 10 rings (SSSR count). The lowest BCUT2D eigenvalue weighted by Crippen LogP contribution is -1.92. The maximum absolute atomic E-state index is 9.45. The second kappa shape index (κ2) is 11.1. The predicted molar refractivity (Wildman–Crippen MR) is 208 cm³/mol. The van der Waals surface area contributed by atoms with Gasteiger partial charge in [-0.1, -0.05) is 157 Å². The minimum absolute atomic E-state index is 0.0499. The molecule has 1 nitrogen and oxygen atoms in total. The van der Waals surface area contributed by atoms with Gasteiger partial charge in [-0.3, -0.25) is 0 Å². The quantitative estimate of drug-likeness (QED) is 0.175. The van der Waals surface area contributed by atoms with Crippen LogP contribution in [-0.2, 0) is 0 Å². The van der Waals surface area contributed by atoms with Crippen LogP contribution in [0.5, 0.6) is 0 Å². The van der Waals surface area contributed by atoms with E-state index in [0.717, 1.165) is 49.0 Å². The summed E-state index contributed by atoms with van der Waals surface area (Å²) in [7, 11) is 0. The molecule has 228 valence electrons. The van der Waals surface area contributed by atoms with Crippen LogP contribution in [0.25, 0.3) is 98.8 Å². The molecule has 1 aromatic heterocycles. The van der Waals surface area contributed by atoms with Crippen LogP contribution in [0.1, 0.15) is 17.8 Å². The molecule has 0 radical (unpaired) electrons. The van der Waals surface area contributed by atoms with Crippen LogP contribution in [0, 0.1) is 0 Å². The molecule has 0 spiro atoms. The summed E-state index contributed by atoms with van der Waals surface area (Å²) in [6, 6.07) is 24.5.